The van der Waals surface area contributed by atoms with Gasteiger partial charge in [-0.15, -0.1) is 10.2 Å². The molecule has 3 heterocycles. The number of hydrogen-bond acceptors (Lipinski definition) is 6. The summed E-state index contributed by atoms with van der Waals surface area (Å²) >= 11 is 0. The van der Waals surface area contributed by atoms with E-state index in [-0.39, 0.29) is 5.56 Å². The lowest BCUT2D eigenvalue weighted by atomic mass is 10.2. The third kappa shape index (κ3) is 4.55. The molecule has 0 atom stereocenters. The first-order chi connectivity index (χ1) is 13.8. The van der Waals surface area contributed by atoms with E-state index < -0.39 is 0 Å². The van der Waals surface area contributed by atoms with E-state index in [0.717, 1.165) is 32.7 Å². The van der Waals surface area contributed by atoms with Crippen LogP contribution >= 0.6 is 0 Å². The Morgan fingerprint density at radius 3 is 2.57 bits per heavy atom. The molecule has 7 heteroatoms. The molecule has 0 unspecified atom stereocenters. The van der Waals surface area contributed by atoms with Crippen LogP contribution in [0.25, 0.3) is 6.08 Å². The van der Waals surface area contributed by atoms with Crippen LogP contribution in [0, 0.1) is 0 Å². The molecule has 0 saturated carbocycles. The highest BCUT2D eigenvalue weighted by Crippen LogP contribution is 2.10. The molecule has 7 nitrogen and oxygen atoms in total. The molecule has 3 aromatic rings. The number of furan rings is 1. The summed E-state index contributed by atoms with van der Waals surface area (Å²) in [6.45, 7) is 4.35. The SMILES string of the molecule is O=c1[nH]c(N2CCN(C/C=C/c3ccccc3)CC2)nnc1Cc1ccco1. The van der Waals surface area contributed by atoms with E-state index in [9.17, 15) is 4.79 Å². The van der Waals surface area contributed by atoms with E-state index in [1.807, 2.05) is 24.3 Å². The molecule has 1 N–H and O–H groups in total. The van der Waals surface area contributed by atoms with Crippen LogP contribution in [0.1, 0.15) is 17.0 Å². The maximum atomic E-state index is 12.3. The fraction of sp³-hybridized carbons (Fsp3) is 0.286. The number of nitrogens with zero attached hydrogens (tertiary/aromatic N) is 4. The lowest BCUT2D eigenvalue weighted by Crippen LogP contribution is -2.47. The molecule has 1 aromatic carbocycles. The Labute approximate surface area is 163 Å². The predicted molar refractivity (Wildman–Crippen MR) is 108 cm³/mol. The van der Waals surface area contributed by atoms with Crippen molar-refractivity contribution >= 4 is 12.0 Å². The largest absolute Gasteiger partial charge is 0.469 e. The van der Waals surface area contributed by atoms with Crippen LogP contribution in [-0.2, 0) is 6.42 Å². The summed E-state index contributed by atoms with van der Waals surface area (Å²) in [5, 5.41) is 8.33. The highest BCUT2D eigenvalue weighted by molar-refractivity contribution is 5.48. The van der Waals surface area contributed by atoms with E-state index in [4.69, 9.17) is 4.42 Å². The predicted octanol–water partition coefficient (Wildman–Crippen LogP) is 2.18. The zero-order valence-electron chi connectivity index (χ0n) is 15.6. The van der Waals surface area contributed by atoms with Crippen molar-refractivity contribution in [3.05, 3.63) is 82.2 Å². The fourth-order valence-electron chi connectivity index (χ4n) is 3.23. The molecular formula is C21H23N5O2. The second kappa shape index (κ2) is 8.67. The summed E-state index contributed by atoms with van der Waals surface area (Å²) in [4.78, 5) is 19.6. The molecule has 4 rings (SSSR count). The van der Waals surface area contributed by atoms with Gasteiger partial charge in [0.1, 0.15) is 11.5 Å². The zero-order valence-corrected chi connectivity index (χ0v) is 15.6. The van der Waals surface area contributed by atoms with Crippen molar-refractivity contribution < 1.29 is 4.42 Å². The number of anilines is 1. The topological polar surface area (TPSA) is 78.3 Å². The van der Waals surface area contributed by atoms with Crippen molar-refractivity contribution in [2.75, 3.05) is 37.6 Å². The number of rotatable bonds is 6. The van der Waals surface area contributed by atoms with Gasteiger partial charge in [-0.3, -0.25) is 14.7 Å². The van der Waals surface area contributed by atoms with Crippen molar-refractivity contribution in [2.24, 2.45) is 0 Å². The van der Waals surface area contributed by atoms with Crippen LogP contribution in [0.3, 0.4) is 0 Å². The monoisotopic (exact) mass is 377 g/mol. The smallest absolute Gasteiger partial charge is 0.274 e. The average Bonchev–Trinajstić information content (AvgIpc) is 3.24. The van der Waals surface area contributed by atoms with Crippen LogP contribution in [0.2, 0.25) is 0 Å². The number of hydrogen-bond donors (Lipinski definition) is 1. The normalized spacial score (nSPS) is 15.4. The Morgan fingerprint density at radius 2 is 1.86 bits per heavy atom. The lowest BCUT2D eigenvalue weighted by Gasteiger charge is -2.34. The molecule has 0 spiro atoms. The van der Waals surface area contributed by atoms with Gasteiger partial charge in [-0.05, 0) is 17.7 Å². The van der Waals surface area contributed by atoms with E-state index in [1.54, 1.807) is 12.3 Å². The molecule has 0 amide bonds. The minimum absolute atomic E-state index is 0.213. The van der Waals surface area contributed by atoms with E-state index >= 15 is 0 Å². The Morgan fingerprint density at radius 1 is 1.04 bits per heavy atom. The van der Waals surface area contributed by atoms with Crippen LogP contribution in [0.15, 0.2) is 64.0 Å². The van der Waals surface area contributed by atoms with Crippen LogP contribution in [0.4, 0.5) is 5.95 Å². The van der Waals surface area contributed by atoms with Crippen LogP contribution in [-0.4, -0.2) is 52.8 Å². The van der Waals surface area contributed by atoms with E-state index in [1.165, 1.54) is 5.56 Å². The first-order valence-corrected chi connectivity index (χ1v) is 9.45. The third-order valence-electron chi connectivity index (χ3n) is 4.82. The van der Waals surface area contributed by atoms with Crippen molar-refractivity contribution in [3.8, 4) is 0 Å². The second-order valence-electron chi connectivity index (χ2n) is 6.78. The summed E-state index contributed by atoms with van der Waals surface area (Å²) in [5.41, 5.74) is 1.36. The molecule has 0 radical (unpaired) electrons. The van der Waals surface area contributed by atoms with Crippen LogP contribution < -0.4 is 10.5 Å². The van der Waals surface area contributed by atoms with Gasteiger partial charge in [0, 0.05) is 32.7 Å². The number of H-pyrrole nitrogens is 1. The summed E-state index contributed by atoms with van der Waals surface area (Å²) in [5.74, 6) is 1.23. The van der Waals surface area contributed by atoms with Gasteiger partial charge in [-0.25, -0.2) is 0 Å². The maximum Gasteiger partial charge on any atom is 0.274 e. The molecule has 144 valence electrons. The van der Waals surface area contributed by atoms with Gasteiger partial charge < -0.3 is 9.32 Å². The minimum atomic E-state index is -0.213. The number of nitrogens with one attached hydrogen (secondary N) is 1. The summed E-state index contributed by atoms with van der Waals surface area (Å²) in [6, 6.07) is 13.9. The van der Waals surface area contributed by atoms with Gasteiger partial charge in [0.2, 0.25) is 5.95 Å². The molecule has 1 fully saturated rings. The number of aromatic amines is 1. The number of benzene rings is 1. The fourth-order valence-corrected chi connectivity index (χ4v) is 3.23. The highest BCUT2D eigenvalue weighted by atomic mass is 16.3. The summed E-state index contributed by atoms with van der Waals surface area (Å²) in [7, 11) is 0. The standard InChI is InChI=1S/C21H23N5O2/c27-20-19(16-18-9-5-15-28-18)23-24-21(22-20)26-13-11-25(12-14-26)10-4-8-17-6-2-1-3-7-17/h1-9,15H,10-14,16H2,(H,22,24,27)/b8-4+. The molecule has 2 aromatic heterocycles. The lowest BCUT2D eigenvalue weighted by molar-refractivity contribution is 0.282. The zero-order chi connectivity index (χ0) is 19.2. The van der Waals surface area contributed by atoms with Crippen molar-refractivity contribution in [3.63, 3.8) is 0 Å². The van der Waals surface area contributed by atoms with Crippen molar-refractivity contribution in [2.45, 2.75) is 6.42 Å². The Bertz CT molecular complexity index is 958. The molecule has 1 aliphatic rings. The summed E-state index contributed by atoms with van der Waals surface area (Å²) in [6.07, 6.45) is 6.26. The molecular weight excluding hydrogens is 354 g/mol. The number of aromatic nitrogens is 3. The molecule has 1 saturated heterocycles. The maximum absolute atomic E-state index is 12.3. The first-order valence-electron chi connectivity index (χ1n) is 9.45. The van der Waals surface area contributed by atoms with Gasteiger partial charge in [-0.2, -0.15) is 0 Å². The summed E-state index contributed by atoms with van der Waals surface area (Å²) < 4.78 is 5.27. The molecule has 0 aliphatic carbocycles. The van der Waals surface area contributed by atoms with Crippen molar-refractivity contribution in [1.82, 2.24) is 20.1 Å². The Hall–Kier alpha value is -3.19. The molecule has 1 aliphatic heterocycles. The highest BCUT2D eigenvalue weighted by Gasteiger charge is 2.19. The van der Waals surface area contributed by atoms with E-state index in [2.05, 4.69) is 49.3 Å². The Kier molecular flexibility index (Phi) is 5.63. The molecule has 28 heavy (non-hydrogen) atoms. The third-order valence-corrected chi connectivity index (χ3v) is 4.82. The second-order valence-corrected chi connectivity index (χ2v) is 6.78. The van der Waals surface area contributed by atoms with Crippen LogP contribution in [0.5, 0.6) is 0 Å². The van der Waals surface area contributed by atoms with Gasteiger partial charge in [0.25, 0.3) is 5.56 Å². The quantitative estimate of drug-likeness (QED) is 0.709. The Balaban J connectivity index is 1.30. The van der Waals surface area contributed by atoms with E-state index in [0.29, 0.717) is 23.8 Å². The van der Waals surface area contributed by atoms with Gasteiger partial charge in [-0.1, -0.05) is 42.5 Å². The first kappa shape index (κ1) is 18.2. The number of piperazine rings is 1. The average molecular weight is 377 g/mol. The van der Waals surface area contributed by atoms with Gasteiger partial charge >= 0.3 is 0 Å². The van der Waals surface area contributed by atoms with Gasteiger partial charge in [0.05, 0.1) is 12.7 Å². The molecule has 0 bridgehead atoms. The minimum Gasteiger partial charge on any atom is -0.469 e. The van der Waals surface area contributed by atoms with Gasteiger partial charge in [0.15, 0.2) is 0 Å². The van der Waals surface area contributed by atoms with Crippen molar-refractivity contribution in [1.29, 1.82) is 0 Å².